The predicted octanol–water partition coefficient (Wildman–Crippen LogP) is 3.75. The van der Waals surface area contributed by atoms with Gasteiger partial charge in [0.2, 0.25) is 0 Å². The Hall–Kier alpha value is -1.36. The summed E-state index contributed by atoms with van der Waals surface area (Å²) in [5.41, 5.74) is 0.635. The van der Waals surface area contributed by atoms with Gasteiger partial charge in [0.05, 0.1) is 6.54 Å². The molecule has 0 aliphatic carbocycles. The summed E-state index contributed by atoms with van der Waals surface area (Å²) in [5, 5.41) is 3.28. The maximum Gasteiger partial charge on any atom is 0.573 e. The van der Waals surface area contributed by atoms with Gasteiger partial charge in [-0.05, 0) is 24.3 Å². The molecule has 0 amide bonds. The van der Waals surface area contributed by atoms with Crippen molar-refractivity contribution in [3.05, 3.63) is 35.9 Å². The molecule has 0 atom stereocenters. The fourth-order valence-corrected chi connectivity index (χ4v) is 1.04. The van der Waals surface area contributed by atoms with Crippen LogP contribution in [-0.4, -0.2) is 12.9 Å². The molecule has 0 fully saturated rings. The van der Waals surface area contributed by atoms with E-state index in [0.29, 0.717) is 17.3 Å². The predicted molar refractivity (Wildman–Crippen MR) is 56.6 cm³/mol. The minimum absolute atomic E-state index is 0.261. The Labute approximate surface area is 95.7 Å². The Morgan fingerprint density at radius 1 is 1.31 bits per heavy atom. The van der Waals surface area contributed by atoms with Gasteiger partial charge in [0.1, 0.15) is 5.75 Å². The average molecular weight is 252 g/mol. The molecule has 0 saturated carbocycles. The van der Waals surface area contributed by atoms with Crippen molar-refractivity contribution < 1.29 is 17.9 Å². The molecular weight excluding hydrogens is 243 g/mol. The Kier molecular flexibility index (Phi) is 4.06. The third-order valence-corrected chi connectivity index (χ3v) is 1.71. The van der Waals surface area contributed by atoms with Gasteiger partial charge in [-0.15, -0.1) is 13.2 Å². The van der Waals surface area contributed by atoms with E-state index in [-0.39, 0.29) is 5.75 Å². The van der Waals surface area contributed by atoms with E-state index in [1.54, 1.807) is 0 Å². The van der Waals surface area contributed by atoms with Crippen LogP contribution in [0.15, 0.2) is 35.9 Å². The van der Waals surface area contributed by atoms with Crippen molar-refractivity contribution in [1.82, 2.24) is 0 Å². The summed E-state index contributed by atoms with van der Waals surface area (Å²) >= 11 is 5.52. The molecule has 1 aromatic carbocycles. The first-order valence-electron chi connectivity index (χ1n) is 4.30. The molecule has 0 heterocycles. The first kappa shape index (κ1) is 12.7. The number of benzene rings is 1. The first-order valence-corrected chi connectivity index (χ1v) is 4.67. The van der Waals surface area contributed by atoms with Gasteiger partial charge in [-0.2, -0.15) is 0 Å². The minimum atomic E-state index is -4.67. The third-order valence-electron chi connectivity index (χ3n) is 1.57. The summed E-state index contributed by atoms with van der Waals surface area (Å²) in [4.78, 5) is 0. The Balaban J connectivity index is 2.57. The number of hydrogen-bond acceptors (Lipinski definition) is 2. The van der Waals surface area contributed by atoms with Gasteiger partial charge < -0.3 is 10.1 Å². The topological polar surface area (TPSA) is 21.3 Å². The summed E-state index contributed by atoms with van der Waals surface area (Å²) in [6.45, 7) is 3.81. The van der Waals surface area contributed by atoms with E-state index in [0.717, 1.165) is 0 Å². The molecule has 1 N–H and O–H groups in total. The third kappa shape index (κ3) is 4.93. The first-order chi connectivity index (χ1) is 7.37. The van der Waals surface area contributed by atoms with Crippen molar-refractivity contribution in [3.8, 4) is 5.75 Å². The molecule has 88 valence electrons. The van der Waals surface area contributed by atoms with Crippen LogP contribution in [-0.2, 0) is 0 Å². The molecule has 16 heavy (non-hydrogen) atoms. The van der Waals surface area contributed by atoms with Gasteiger partial charge in [0.15, 0.2) is 0 Å². The van der Waals surface area contributed by atoms with Crippen molar-refractivity contribution >= 4 is 17.3 Å². The Morgan fingerprint density at radius 2 is 1.88 bits per heavy atom. The molecule has 0 aliphatic rings. The van der Waals surface area contributed by atoms with Crippen molar-refractivity contribution in [2.75, 3.05) is 11.9 Å². The summed E-state index contributed by atoms with van der Waals surface area (Å²) in [6.07, 6.45) is -4.67. The largest absolute Gasteiger partial charge is 0.573 e. The fraction of sp³-hybridized carbons (Fsp3) is 0.200. The number of nitrogens with one attached hydrogen (secondary N) is 1. The normalized spacial score (nSPS) is 11.0. The van der Waals surface area contributed by atoms with Gasteiger partial charge in [0.25, 0.3) is 0 Å². The highest BCUT2D eigenvalue weighted by molar-refractivity contribution is 6.29. The van der Waals surface area contributed by atoms with E-state index in [2.05, 4.69) is 16.6 Å². The van der Waals surface area contributed by atoms with Crippen LogP contribution >= 0.6 is 11.6 Å². The van der Waals surface area contributed by atoms with Crippen LogP contribution in [0.3, 0.4) is 0 Å². The standard InChI is InChI=1S/C10H9ClF3NO/c1-7(11)6-15-8-2-4-9(5-3-8)16-10(12,13)14/h2-5,15H,1,6H2. The van der Waals surface area contributed by atoms with Crippen LogP contribution in [0.1, 0.15) is 0 Å². The minimum Gasteiger partial charge on any atom is -0.406 e. The molecule has 1 aromatic rings. The van der Waals surface area contributed by atoms with Gasteiger partial charge in [-0.3, -0.25) is 0 Å². The van der Waals surface area contributed by atoms with Crippen LogP contribution in [0.2, 0.25) is 0 Å². The average Bonchev–Trinajstić information content (AvgIpc) is 2.14. The van der Waals surface area contributed by atoms with E-state index in [1.807, 2.05) is 0 Å². The molecule has 0 radical (unpaired) electrons. The summed E-state index contributed by atoms with van der Waals surface area (Å²) < 4.78 is 39.2. The lowest BCUT2D eigenvalue weighted by Crippen LogP contribution is -2.17. The van der Waals surface area contributed by atoms with Crippen molar-refractivity contribution in [2.45, 2.75) is 6.36 Å². The number of hydrogen-bond donors (Lipinski definition) is 1. The number of rotatable bonds is 4. The van der Waals surface area contributed by atoms with E-state index >= 15 is 0 Å². The molecule has 6 heteroatoms. The number of halogens is 4. The van der Waals surface area contributed by atoms with Crippen LogP contribution in [0.25, 0.3) is 0 Å². The van der Waals surface area contributed by atoms with Crippen LogP contribution in [0, 0.1) is 0 Å². The van der Waals surface area contributed by atoms with E-state index in [4.69, 9.17) is 11.6 Å². The second-order valence-electron chi connectivity index (χ2n) is 2.94. The zero-order valence-electron chi connectivity index (χ0n) is 8.14. The molecule has 0 aromatic heterocycles. The maximum atomic E-state index is 11.8. The van der Waals surface area contributed by atoms with Gasteiger partial charge >= 0.3 is 6.36 Å². The quantitative estimate of drug-likeness (QED) is 0.880. The molecular formula is C10H9ClF3NO. The van der Waals surface area contributed by atoms with Gasteiger partial charge in [-0.1, -0.05) is 18.2 Å². The van der Waals surface area contributed by atoms with Crippen molar-refractivity contribution in [3.63, 3.8) is 0 Å². The highest BCUT2D eigenvalue weighted by Gasteiger charge is 2.30. The molecule has 0 saturated heterocycles. The highest BCUT2D eigenvalue weighted by Crippen LogP contribution is 2.23. The van der Waals surface area contributed by atoms with Gasteiger partial charge in [-0.25, -0.2) is 0 Å². The molecule has 0 aliphatic heterocycles. The second kappa shape index (κ2) is 5.12. The number of anilines is 1. The number of ether oxygens (including phenoxy) is 1. The smallest absolute Gasteiger partial charge is 0.406 e. The maximum absolute atomic E-state index is 11.8. The molecule has 2 nitrogen and oxygen atoms in total. The monoisotopic (exact) mass is 251 g/mol. The molecule has 1 rings (SSSR count). The highest BCUT2D eigenvalue weighted by atomic mass is 35.5. The summed E-state index contributed by atoms with van der Waals surface area (Å²) in [5.74, 6) is -0.261. The van der Waals surface area contributed by atoms with E-state index in [1.165, 1.54) is 24.3 Å². The zero-order valence-corrected chi connectivity index (χ0v) is 8.90. The number of alkyl halides is 3. The van der Waals surface area contributed by atoms with Crippen LogP contribution < -0.4 is 10.1 Å². The molecule has 0 bridgehead atoms. The Morgan fingerprint density at radius 3 is 2.31 bits per heavy atom. The van der Waals surface area contributed by atoms with Gasteiger partial charge in [0, 0.05) is 10.7 Å². The lowest BCUT2D eigenvalue weighted by molar-refractivity contribution is -0.274. The lowest BCUT2D eigenvalue weighted by Gasteiger charge is -2.10. The van der Waals surface area contributed by atoms with E-state index < -0.39 is 6.36 Å². The second-order valence-corrected chi connectivity index (χ2v) is 3.48. The van der Waals surface area contributed by atoms with Crippen molar-refractivity contribution in [2.24, 2.45) is 0 Å². The fourth-order valence-electron chi connectivity index (χ4n) is 0.972. The summed E-state index contributed by atoms with van der Waals surface area (Å²) in [7, 11) is 0. The molecule has 0 unspecified atom stereocenters. The van der Waals surface area contributed by atoms with E-state index in [9.17, 15) is 13.2 Å². The lowest BCUT2D eigenvalue weighted by atomic mass is 10.3. The SMILES string of the molecule is C=C(Cl)CNc1ccc(OC(F)(F)F)cc1. The summed E-state index contributed by atoms with van der Waals surface area (Å²) in [6, 6.07) is 5.35. The van der Waals surface area contributed by atoms with Crippen LogP contribution in [0.5, 0.6) is 5.75 Å². The van der Waals surface area contributed by atoms with Crippen molar-refractivity contribution in [1.29, 1.82) is 0 Å². The van der Waals surface area contributed by atoms with Crippen LogP contribution in [0.4, 0.5) is 18.9 Å². The zero-order chi connectivity index (χ0) is 12.2. The Bertz CT molecular complexity index is 361. The molecule has 0 spiro atoms.